The van der Waals surface area contributed by atoms with E-state index in [4.69, 9.17) is 9.47 Å². The smallest absolute Gasteiger partial charge is 0.220 e. The second-order valence-electron chi connectivity index (χ2n) is 19.4. The van der Waals surface area contributed by atoms with Gasteiger partial charge < -0.3 is 40.3 Å². The molecule has 6 N–H and O–H groups in total. The number of carbonyl (C=O) groups excluding carboxylic acids is 1. The standard InChI is InChI=1S/C66H105NO8/c1-3-5-7-9-11-13-15-17-18-19-20-21-22-23-24-25-26-27-28-29-30-31-32-33-34-35-36-37-38-39-40-41-42-44-46-48-50-52-54-56-62(70)67-59(58-74-66-65(73)64(72)63(71)61(57-68)75-66)60(69)55-53-51-49-47-45-43-16-14-12-10-8-6-4-2/h5,7,11,13,17-18,20-21,23-24,26-27,29-30,32-33,35-36,38-39,41-42,46,48,53,55,59-61,63-66,68-69,71-73H,3-4,6,8-10,12,14-16,19,22,25,28,31,34,37,40,43-45,47,49-52,54,56-58H2,1-2H3,(H,67,70)/b7-5-,13-11-,18-17-,21-20-,24-23-,27-26-,30-29-,33-32-,36-35-,39-38-,42-41-,48-46-,55-53+. The molecule has 0 bridgehead atoms. The van der Waals surface area contributed by atoms with Crippen LogP contribution in [-0.2, 0) is 14.3 Å². The first-order valence-electron chi connectivity index (χ1n) is 29.2. The number of aliphatic hydroxyl groups excluding tert-OH is 5. The van der Waals surface area contributed by atoms with E-state index in [1.54, 1.807) is 6.08 Å². The maximum Gasteiger partial charge on any atom is 0.220 e. The molecule has 0 spiro atoms. The second-order valence-corrected chi connectivity index (χ2v) is 19.4. The van der Waals surface area contributed by atoms with Crippen LogP contribution >= 0.6 is 0 Å². The molecule has 0 aromatic heterocycles. The van der Waals surface area contributed by atoms with Gasteiger partial charge in [0, 0.05) is 6.42 Å². The summed E-state index contributed by atoms with van der Waals surface area (Å²) in [7, 11) is 0. The monoisotopic (exact) mass is 1040 g/mol. The zero-order valence-corrected chi connectivity index (χ0v) is 46.7. The van der Waals surface area contributed by atoms with Gasteiger partial charge >= 0.3 is 0 Å². The highest BCUT2D eigenvalue weighted by molar-refractivity contribution is 5.76. The molecule has 0 aromatic carbocycles. The molecule has 1 saturated heterocycles. The van der Waals surface area contributed by atoms with Crippen molar-refractivity contribution < 1.29 is 39.8 Å². The zero-order valence-electron chi connectivity index (χ0n) is 46.7. The van der Waals surface area contributed by atoms with Crippen LogP contribution in [0.1, 0.15) is 194 Å². The molecule has 1 heterocycles. The van der Waals surface area contributed by atoms with Gasteiger partial charge in [0.05, 0.1) is 25.4 Å². The van der Waals surface area contributed by atoms with Crippen LogP contribution in [0.5, 0.6) is 0 Å². The van der Waals surface area contributed by atoms with Gasteiger partial charge in [0.1, 0.15) is 24.4 Å². The normalized spacial score (nSPS) is 20.1. The van der Waals surface area contributed by atoms with Crippen LogP contribution in [0.3, 0.4) is 0 Å². The number of nitrogens with one attached hydrogen (secondary N) is 1. The highest BCUT2D eigenvalue weighted by Crippen LogP contribution is 2.22. The highest BCUT2D eigenvalue weighted by atomic mass is 16.7. The van der Waals surface area contributed by atoms with Crippen molar-refractivity contribution in [3.05, 3.63) is 158 Å². The van der Waals surface area contributed by atoms with Crippen LogP contribution in [0.2, 0.25) is 0 Å². The average Bonchev–Trinajstić information content (AvgIpc) is 3.41. The molecular formula is C66H105NO8. The fourth-order valence-corrected chi connectivity index (χ4v) is 8.02. The number of ether oxygens (including phenoxy) is 2. The number of amides is 1. The van der Waals surface area contributed by atoms with Crippen LogP contribution in [0.25, 0.3) is 0 Å². The third kappa shape index (κ3) is 42.6. The van der Waals surface area contributed by atoms with Crippen LogP contribution in [0.4, 0.5) is 0 Å². The molecule has 0 aromatic rings. The lowest BCUT2D eigenvalue weighted by molar-refractivity contribution is -0.302. The fraction of sp³-hybridized carbons (Fsp3) is 0.591. The molecule has 9 heteroatoms. The first kappa shape index (κ1) is 68.8. The van der Waals surface area contributed by atoms with Crippen molar-refractivity contribution in [3.8, 4) is 0 Å². The molecule has 75 heavy (non-hydrogen) atoms. The number of rotatable bonds is 47. The molecule has 1 aliphatic heterocycles. The van der Waals surface area contributed by atoms with E-state index in [1.165, 1.54) is 57.8 Å². The summed E-state index contributed by atoms with van der Waals surface area (Å²) < 4.78 is 11.2. The Bertz CT molecular complexity index is 1730. The molecule has 1 amide bonds. The number of hydrogen-bond donors (Lipinski definition) is 6. The van der Waals surface area contributed by atoms with E-state index in [9.17, 15) is 30.3 Å². The van der Waals surface area contributed by atoms with Crippen molar-refractivity contribution in [2.45, 2.75) is 236 Å². The number of aliphatic hydroxyl groups is 5. The van der Waals surface area contributed by atoms with E-state index in [-0.39, 0.29) is 18.9 Å². The summed E-state index contributed by atoms with van der Waals surface area (Å²) in [6.07, 6.45) is 77.4. The van der Waals surface area contributed by atoms with Crippen molar-refractivity contribution in [2.75, 3.05) is 13.2 Å². The van der Waals surface area contributed by atoms with Gasteiger partial charge in [-0.25, -0.2) is 0 Å². The van der Waals surface area contributed by atoms with E-state index in [0.717, 1.165) is 109 Å². The molecular weight excluding hydrogens is 935 g/mol. The molecule has 0 radical (unpaired) electrons. The predicted molar refractivity (Wildman–Crippen MR) is 317 cm³/mol. The molecule has 1 fully saturated rings. The first-order valence-corrected chi connectivity index (χ1v) is 29.2. The summed E-state index contributed by atoms with van der Waals surface area (Å²) in [6.45, 7) is 3.61. The topological polar surface area (TPSA) is 149 Å². The first-order chi connectivity index (χ1) is 36.8. The van der Waals surface area contributed by atoms with E-state index >= 15 is 0 Å². The largest absolute Gasteiger partial charge is 0.394 e. The van der Waals surface area contributed by atoms with Crippen LogP contribution in [0, 0.1) is 0 Å². The molecule has 9 nitrogen and oxygen atoms in total. The van der Waals surface area contributed by atoms with Crippen LogP contribution in [-0.4, -0.2) is 87.5 Å². The van der Waals surface area contributed by atoms with Crippen molar-refractivity contribution in [1.29, 1.82) is 0 Å². The van der Waals surface area contributed by atoms with Gasteiger partial charge in [-0.1, -0.05) is 236 Å². The Balaban J connectivity index is 2.23. The Labute approximate surface area is 456 Å². The van der Waals surface area contributed by atoms with Gasteiger partial charge in [0.15, 0.2) is 6.29 Å². The Morgan fingerprint density at radius 2 is 0.827 bits per heavy atom. The van der Waals surface area contributed by atoms with E-state index < -0.39 is 49.5 Å². The van der Waals surface area contributed by atoms with Crippen molar-refractivity contribution in [1.82, 2.24) is 5.32 Å². The Morgan fingerprint density at radius 3 is 1.23 bits per heavy atom. The maximum atomic E-state index is 13.0. The second kappa shape index (κ2) is 53.2. The van der Waals surface area contributed by atoms with Gasteiger partial charge in [-0.05, 0) is 109 Å². The van der Waals surface area contributed by atoms with E-state index in [0.29, 0.717) is 6.42 Å². The predicted octanol–water partition coefficient (Wildman–Crippen LogP) is 14.8. The third-order valence-corrected chi connectivity index (χ3v) is 12.6. The summed E-state index contributed by atoms with van der Waals surface area (Å²) in [5.41, 5.74) is 0. The van der Waals surface area contributed by atoms with Gasteiger partial charge in [0.2, 0.25) is 5.91 Å². The van der Waals surface area contributed by atoms with Crippen molar-refractivity contribution in [3.63, 3.8) is 0 Å². The molecule has 1 aliphatic rings. The Morgan fingerprint density at radius 1 is 0.467 bits per heavy atom. The summed E-state index contributed by atoms with van der Waals surface area (Å²) in [5.74, 6) is -0.227. The van der Waals surface area contributed by atoms with Crippen LogP contribution in [0.15, 0.2) is 158 Å². The summed E-state index contributed by atoms with van der Waals surface area (Å²) in [6, 6.07) is -0.839. The Hall–Kier alpha value is -4.19. The van der Waals surface area contributed by atoms with E-state index in [1.807, 2.05) is 6.08 Å². The number of unbranched alkanes of at least 4 members (excludes halogenated alkanes) is 13. The van der Waals surface area contributed by atoms with Gasteiger partial charge in [-0.15, -0.1) is 0 Å². The lowest BCUT2D eigenvalue weighted by Gasteiger charge is -2.40. The summed E-state index contributed by atoms with van der Waals surface area (Å²) in [5, 5.41) is 54.3. The molecule has 1 rings (SSSR count). The zero-order chi connectivity index (χ0) is 54.3. The summed E-state index contributed by atoms with van der Waals surface area (Å²) >= 11 is 0. The number of hydrogen-bond acceptors (Lipinski definition) is 8. The Kier molecular flexibility index (Phi) is 48.8. The van der Waals surface area contributed by atoms with Crippen LogP contribution < -0.4 is 5.32 Å². The van der Waals surface area contributed by atoms with Crippen molar-refractivity contribution >= 4 is 5.91 Å². The fourth-order valence-electron chi connectivity index (χ4n) is 8.02. The minimum absolute atomic E-state index is 0.216. The molecule has 422 valence electrons. The van der Waals surface area contributed by atoms with Gasteiger partial charge in [0.25, 0.3) is 0 Å². The minimum Gasteiger partial charge on any atom is -0.394 e. The summed E-state index contributed by atoms with van der Waals surface area (Å²) in [4.78, 5) is 13.0. The number of allylic oxidation sites excluding steroid dienone is 25. The minimum atomic E-state index is -1.58. The number of carbonyl (C=O) groups is 1. The highest BCUT2D eigenvalue weighted by Gasteiger charge is 2.44. The molecule has 0 saturated carbocycles. The molecule has 7 atom stereocenters. The van der Waals surface area contributed by atoms with E-state index in [2.05, 4.69) is 165 Å². The van der Waals surface area contributed by atoms with Crippen molar-refractivity contribution in [2.24, 2.45) is 0 Å². The molecule has 0 aliphatic carbocycles. The van der Waals surface area contributed by atoms with Gasteiger partial charge in [-0.2, -0.15) is 0 Å². The SMILES string of the molecule is CC/C=C\C/C=C\C/C=C\C/C=C\C/C=C\C/C=C\C/C=C\C/C=C\C/C=C\C/C=C\C/C=C\C/C=C\CCCCC(=O)NC(COC1OC(CO)C(O)C(O)C1O)C(O)/C=C/CCCCCCCCCCCCC. The maximum absolute atomic E-state index is 13.0. The third-order valence-electron chi connectivity index (χ3n) is 12.6. The molecule has 7 unspecified atom stereocenters. The lowest BCUT2D eigenvalue weighted by Crippen LogP contribution is -2.60. The lowest BCUT2D eigenvalue weighted by atomic mass is 9.99. The quantitative estimate of drug-likeness (QED) is 0.0261. The average molecular weight is 1040 g/mol. The van der Waals surface area contributed by atoms with Gasteiger partial charge in [-0.3, -0.25) is 4.79 Å².